The Morgan fingerprint density at radius 3 is 1.15 bits per heavy atom. The fourth-order valence-corrected chi connectivity index (χ4v) is 6.24. The predicted octanol–water partition coefficient (Wildman–Crippen LogP) is 6.81. The zero-order valence-corrected chi connectivity index (χ0v) is 27.0. The van der Waals surface area contributed by atoms with Gasteiger partial charge in [0.1, 0.15) is 23.0 Å². The maximum Gasteiger partial charge on any atom is 0.131 e. The summed E-state index contributed by atoms with van der Waals surface area (Å²) in [6.45, 7) is 11.3. The molecule has 8 rings (SSSR count). The molecule has 0 saturated carbocycles. The van der Waals surface area contributed by atoms with Crippen LogP contribution in [0.5, 0.6) is 23.0 Å². The lowest BCUT2D eigenvalue weighted by molar-refractivity contribution is 0.388. The molecule has 47 heavy (non-hydrogen) atoms. The number of ether oxygens (including phenoxy) is 6. The second-order valence-electron chi connectivity index (χ2n) is 13.4. The quantitative estimate of drug-likeness (QED) is 0.125. The van der Waals surface area contributed by atoms with Crippen molar-refractivity contribution in [3.63, 3.8) is 0 Å². The number of rotatable bonds is 16. The van der Waals surface area contributed by atoms with Gasteiger partial charge in [0.2, 0.25) is 0 Å². The molecule has 8 heteroatoms. The lowest BCUT2D eigenvalue weighted by Gasteiger charge is -2.30. The monoisotopic (exact) mass is 634 g/mol. The molecular formula is C39H42N2O6. The first-order valence-electron chi connectivity index (χ1n) is 16.7. The van der Waals surface area contributed by atoms with Crippen LogP contribution >= 0.6 is 0 Å². The number of hydrogen-bond donors (Lipinski definition) is 0. The smallest absolute Gasteiger partial charge is 0.131 e. The molecule has 4 aliphatic rings. The molecule has 4 unspecified atom stereocenters. The Morgan fingerprint density at radius 2 is 0.830 bits per heavy atom. The van der Waals surface area contributed by atoms with Crippen LogP contribution in [-0.4, -0.2) is 77.0 Å². The highest BCUT2D eigenvalue weighted by atomic mass is 16.6. The molecule has 0 radical (unpaired) electrons. The molecule has 4 aliphatic heterocycles. The van der Waals surface area contributed by atoms with E-state index in [1.54, 1.807) is 0 Å². The Kier molecular flexibility index (Phi) is 8.27. The molecule has 4 atom stereocenters. The normalized spacial score (nSPS) is 22.3. The van der Waals surface area contributed by atoms with Gasteiger partial charge >= 0.3 is 0 Å². The van der Waals surface area contributed by atoms with Crippen LogP contribution in [0.2, 0.25) is 0 Å². The molecule has 0 bridgehead atoms. The molecule has 4 fully saturated rings. The molecule has 244 valence electrons. The molecule has 0 N–H and O–H groups in total. The SMILES string of the molecule is CC(C)(c1ccccc1Oc1ccc(N(CC2CO2)CC2CO2)cc1)c1ccccc1Oc1ccc(N(CC2CO2)CC2CO2)cc1. The fraction of sp³-hybridized carbons (Fsp3) is 0.385. The van der Waals surface area contributed by atoms with Crippen molar-refractivity contribution in [1.29, 1.82) is 0 Å². The number of anilines is 2. The van der Waals surface area contributed by atoms with Gasteiger partial charge in [-0.1, -0.05) is 50.2 Å². The summed E-state index contributed by atoms with van der Waals surface area (Å²) in [5.41, 5.74) is 4.04. The average Bonchev–Trinajstić information content (AvgIpc) is 3.89. The van der Waals surface area contributed by atoms with E-state index >= 15 is 0 Å². The Hall–Kier alpha value is -4.08. The van der Waals surface area contributed by atoms with Crippen molar-refractivity contribution in [3.05, 3.63) is 108 Å². The van der Waals surface area contributed by atoms with Gasteiger partial charge in [0.15, 0.2) is 0 Å². The van der Waals surface area contributed by atoms with Crippen LogP contribution < -0.4 is 19.3 Å². The zero-order chi connectivity index (χ0) is 31.8. The highest BCUT2D eigenvalue weighted by molar-refractivity contribution is 5.55. The van der Waals surface area contributed by atoms with Gasteiger partial charge in [-0.2, -0.15) is 0 Å². The third kappa shape index (κ3) is 7.57. The Labute approximate surface area is 276 Å². The first kappa shape index (κ1) is 30.3. The topological polar surface area (TPSA) is 75.1 Å². The van der Waals surface area contributed by atoms with E-state index in [1.165, 1.54) is 0 Å². The number of para-hydroxylation sites is 2. The zero-order valence-electron chi connectivity index (χ0n) is 27.0. The number of hydrogen-bond acceptors (Lipinski definition) is 8. The van der Waals surface area contributed by atoms with Crippen LogP contribution in [-0.2, 0) is 24.4 Å². The third-order valence-corrected chi connectivity index (χ3v) is 9.29. The highest BCUT2D eigenvalue weighted by Crippen LogP contribution is 2.43. The summed E-state index contributed by atoms with van der Waals surface area (Å²) >= 11 is 0. The van der Waals surface area contributed by atoms with Crippen molar-refractivity contribution in [2.75, 3.05) is 62.4 Å². The first-order chi connectivity index (χ1) is 23.0. The van der Waals surface area contributed by atoms with Crippen LogP contribution in [0.3, 0.4) is 0 Å². The standard InChI is InChI=1S/C39H42N2O6/c1-39(2,35-7-3-5-9-37(35)46-29-15-11-27(12-16-29)40(19-31-23-42-31)20-32-24-43-32)36-8-4-6-10-38(36)47-30-17-13-28(14-18-30)41(21-33-25-44-33)22-34-26-45-34/h3-18,31-34H,19-26H2,1-2H3. The van der Waals surface area contributed by atoms with E-state index in [4.69, 9.17) is 28.4 Å². The van der Waals surface area contributed by atoms with Gasteiger partial charge in [-0.15, -0.1) is 0 Å². The van der Waals surface area contributed by atoms with Crippen molar-refractivity contribution < 1.29 is 28.4 Å². The third-order valence-electron chi connectivity index (χ3n) is 9.29. The maximum atomic E-state index is 6.57. The van der Waals surface area contributed by atoms with Crippen LogP contribution in [0, 0.1) is 0 Å². The summed E-state index contributed by atoms with van der Waals surface area (Å²) in [5, 5.41) is 0. The highest BCUT2D eigenvalue weighted by Gasteiger charge is 2.33. The molecule has 0 aliphatic carbocycles. The molecule has 0 amide bonds. The molecule has 0 spiro atoms. The van der Waals surface area contributed by atoms with Gasteiger partial charge in [0.25, 0.3) is 0 Å². The Balaban J connectivity index is 0.990. The van der Waals surface area contributed by atoms with E-state index in [9.17, 15) is 0 Å². The van der Waals surface area contributed by atoms with Crippen molar-refractivity contribution in [1.82, 2.24) is 0 Å². The minimum Gasteiger partial charge on any atom is -0.457 e. The van der Waals surface area contributed by atoms with Crippen molar-refractivity contribution in [2.24, 2.45) is 0 Å². The van der Waals surface area contributed by atoms with Gasteiger partial charge in [0, 0.05) is 54.1 Å². The van der Waals surface area contributed by atoms with Gasteiger partial charge < -0.3 is 38.2 Å². The van der Waals surface area contributed by atoms with Crippen LogP contribution in [0.4, 0.5) is 11.4 Å². The average molecular weight is 635 g/mol. The lowest BCUT2D eigenvalue weighted by atomic mass is 9.77. The molecule has 0 aromatic heterocycles. The second-order valence-corrected chi connectivity index (χ2v) is 13.4. The van der Waals surface area contributed by atoms with Crippen LogP contribution in [0.1, 0.15) is 25.0 Å². The predicted molar refractivity (Wildman–Crippen MR) is 181 cm³/mol. The molecular weight excluding hydrogens is 592 g/mol. The molecule has 4 heterocycles. The summed E-state index contributed by atoms with van der Waals surface area (Å²) in [7, 11) is 0. The van der Waals surface area contributed by atoms with Crippen molar-refractivity contribution in [2.45, 2.75) is 43.7 Å². The largest absolute Gasteiger partial charge is 0.457 e. The summed E-state index contributed by atoms with van der Waals surface area (Å²) in [5.74, 6) is 3.22. The van der Waals surface area contributed by atoms with Gasteiger partial charge in [-0.05, 0) is 60.7 Å². The lowest BCUT2D eigenvalue weighted by Crippen LogP contribution is -2.31. The number of epoxide rings is 4. The number of nitrogens with zero attached hydrogens (tertiary/aromatic N) is 2. The summed E-state index contributed by atoms with van der Waals surface area (Å²) in [4.78, 5) is 4.70. The van der Waals surface area contributed by atoms with Gasteiger partial charge in [-0.3, -0.25) is 0 Å². The molecule has 4 aromatic rings. The second kappa shape index (κ2) is 12.8. The molecule has 8 nitrogen and oxygen atoms in total. The molecule has 4 aromatic carbocycles. The fourth-order valence-electron chi connectivity index (χ4n) is 6.24. The minimum absolute atomic E-state index is 0.315. The summed E-state index contributed by atoms with van der Waals surface area (Å²) in [6, 6.07) is 33.2. The summed E-state index contributed by atoms with van der Waals surface area (Å²) < 4.78 is 35.1. The van der Waals surface area contributed by atoms with E-state index in [0.717, 1.165) is 98.1 Å². The van der Waals surface area contributed by atoms with E-state index < -0.39 is 5.41 Å². The minimum atomic E-state index is -0.413. The number of benzene rings is 4. The first-order valence-corrected chi connectivity index (χ1v) is 16.7. The van der Waals surface area contributed by atoms with Gasteiger partial charge in [0.05, 0.1) is 50.8 Å². The van der Waals surface area contributed by atoms with Crippen LogP contribution in [0.15, 0.2) is 97.1 Å². The van der Waals surface area contributed by atoms with E-state index in [0.29, 0.717) is 24.4 Å². The Morgan fingerprint density at radius 1 is 0.511 bits per heavy atom. The van der Waals surface area contributed by atoms with Crippen molar-refractivity contribution in [3.8, 4) is 23.0 Å². The molecule has 4 saturated heterocycles. The maximum absolute atomic E-state index is 6.57. The summed E-state index contributed by atoms with van der Waals surface area (Å²) in [6.07, 6.45) is 1.26. The van der Waals surface area contributed by atoms with Crippen LogP contribution in [0.25, 0.3) is 0 Å². The van der Waals surface area contributed by atoms with E-state index in [2.05, 4.69) is 72.2 Å². The van der Waals surface area contributed by atoms with Crippen molar-refractivity contribution >= 4 is 11.4 Å². The van der Waals surface area contributed by atoms with E-state index in [1.807, 2.05) is 48.5 Å². The Bertz CT molecular complexity index is 1510. The van der Waals surface area contributed by atoms with Gasteiger partial charge in [-0.25, -0.2) is 0 Å². The van der Waals surface area contributed by atoms with E-state index in [-0.39, 0.29) is 0 Å².